The molecule has 0 bridgehead atoms. The van der Waals surface area contributed by atoms with Gasteiger partial charge in [0.05, 0.1) is 0 Å². The fourth-order valence-corrected chi connectivity index (χ4v) is 3.45. The number of piperidine rings is 1. The minimum Gasteiger partial charge on any atom is -0.611 e. The number of benzene rings is 1. The molecule has 1 saturated heterocycles. The highest BCUT2D eigenvalue weighted by atomic mass is 16.6. The number of rotatable bonds is 3. The highest BCUT2D eigenvalue weighted by Crippen LogP contribution is 2.44. The Labute approximate surface area is 132 Å². The van der Waals surface area contributed by atoms with Crippen molar-refractivity contribution in [2.75, 3.05) is 0 Å². The summed E-state index contributed by atoms with van der Waals surface area (Å²) in [4.78, 5) is 12.5. The standard InChI is InChI=1S/C18H26N2O2/c1-17(2)12-15(13-18(3,4)20(17,19)22)16(21)11-10-14-8-6-5-7-9-14/h5-11,15H,12-13,19H2,1-4H3. The third-order valence-electron chi connectivity index (χ3n) is 4.93. The summed E-state index contributed by atoms with van der Waals surface area (Å²) >= 11 is 0. The summed E-state index contributed by atoms with van der Waals surface area (Å²) in [6, 6.07) is 9.73. The molecular weight excluding hydrogens is 276 g/mol. The number of carbonyl (C=O) groups excluding carboxylic acids is 1. The quantitative estimate of drug-likeness (QED) is 0.402. The van der Waals surface area contributed by atoms with Crippen LogP contribution in [0.5, 0.6) is 0 Å². The summed E-state index contributed by atoms with van der Waals surface area (Å²) in [6.45, 7) is 7.40. The van der Waals surface area contributed by atoms with E-state index in [9.17, 15) is 10.0 Å². The molecule has 2 rings (SSSR count). The molecule has 0 saturated carbocycles. The van der Waals surface area contributed by atoms with Gasteiger partial charge in [0, 0.05) is 18.8 Å². The normalized spacial score (nSPS) is 30.4. The maximum Gasteiger partial charge on any atom is 0.159 e. The molecule has 1 fully saturated rings. The molecule has 4 heteroatoms. The van der Waals surface area contributed by atoms with E-state index in [0.29, 0.717) is 12.8 Å². The fraction of sp³-hybridized carbons (Fsp3) is 0.500. The van der Waals surface area contributed by atoms with E-state index in [2.05, 4.69) is 0 Å². The lowest BCUT2D eigenvalue weighted by molar-refractivity contribution is -0.989. The number of quaternary nitrogens is 1. The van der Waals surface area contributed by atoms with Crippen LogP contribution in [0, 0.1) is 11.1 Å². The first-order valence-electron chi connectivity index (χ1n) is 7.73. The molecule has 1 aliphatic heterocycles. The van der Waals surface area contributed by atoms with Crippen molar-refractivity contribution in [3.05, 3.63) is 47.2 Å². The summed E-state index contributed by atoms with van der Waals surface area (Å²) in [5.41, 5.74) is -0.358. The second-order valence-electron chi connectivity index (χ2n) is 7.53. The zero-order chi connectivity index (χ0) is 16.6. The molecule has 0 unspecified atom stereocenters. The molecular formula is C18H26N2O2. The number of allylic oxidation sites excluding steroid dienone is 1. The van der Waals surface area contributed by atoms with Gasteiger partial charge < -0.3 is 5.21 Å². The van der Waals surface area contributed by atoms with Gasteiger partial charge in [0.25, 0.3) is 0 Å². The lowest BCUT2D eigenvalue weighted by atomic mass is 9.72. The highest BCUT2D eigenvalue weighted by molar-refractivity contribution is 5.95. The molecule has 0 aliphatic carbocycles. The van der Waals surface area contributed by atoms with E-state index in [1.165, 1.54) is 0 Å². The molecule has 0 aromatic heterocycles. The van der Waals surface area contributed by atoms with Crippen molar-refractivity contribution in [1.82, 2.24) is 0 Å². The van der Waals surface area contributed by atoms with Crippen LogP contribution < -0.4 is 5.84 Å². The maximum atomic E-state index is 12.8. The average molecular weight is 302 g/mol. The van der Waals surface area contributed by atoms with E-state index in [4.69, 9.17) is 5.84 Å². The summed E-state index contributed by atoms with van der Waals surface area (Å²) < 4.78 is -0.799. The van der Waals surface area contributed by atoms with Crippen LogP contribution >= 0.6 is 0 Å². The predicted octanol–water partition coefficient (Wildman–Crippen LogP) is 3.42. The number of nitrogens with two attached hydrogens (primary N) is 1. The first-order valence-corrected chi connectivity index (χ1v) is 7.73. The van der Waals surface area contributed by atoms with Gasteiger partial charge in [0.15, 0.2) is 5.78 Å². The third-order valence-corrected chi connectivity index (χ3v) is 4.93. The number of ketones is 1. The first-order chi connectivity index (χ1) is 10.1. The van der Waals surface area contributed by atoms with Gasteiger partial charge in [-0.1, -0.05) is 36.4 Å². The molecule has 1 heterocycles. The number of nitrogens with zero attached hydrogens (tertiary/aromatic N) is 1. The zero-order valence-corrected chi connectivity index (χ0v) is 13.9. The summed E-state index contributed by atoms with van der Waals surface area (Å²) in [5.74, 6) is 5.93. The van der Waals surface area contributed by atoms with E-state index in [1.54, 1.807) is 6.08 Å². The van der Waals surface area contributed by atoms with Crippen molar-refractivity contribution in [2.45, 2.75) is 51.6 Å². The minimum atomic E-state index is -0.799. The largest absolute Gasteiger partial charge is 0.611 e. The van der Waals surface area contributed by atoms with E-state index in [-0.39, 0.29) is 11.7 Å². The van der Waals surface area contributed by atoms with Gasteiger partial charge in [-0.2, -0.15) is 5.84 Å². The van der Waals surface area contributed by atoms with Crippen molar-refractivity contribution in [2.24, 2.45) is 11.8 Å². The third kappa shape index (κ3) is 3.00. The Morgan fingerprint density at radius 2 is 1.68 bits per heavy atom. The van der Waals surface area contributed by atoms with Crippen LogP contribution in [0.15, 0.2) is 36.4 Å². The van der Waals surface area contributed by atoms with Gasteiger partial charge in [0.1, 0.15) is 11.1 Å². The summed E-state index contributed by atoms with van der Waals surface area (Å²) in [7, 11) is 0. The van der Waals surface area contributed by atoms with Gasteiger partial charge in [0.2, 0.25) is 0 Å². The Hall–Kier alpha value is -1.49. The molecule has 0 radical (unpaired) electrons. The molecule has 22 heavy (non-hydrogen) atoms. The second-order valence-corrected chi connectivity index (χ2v) is 7.53. The first kappa shape index (κ1) is 16.9. The van der Waals surface area contributed by atoms with E-state index in [0.717, 1.165) is 5.56 Å². The Morgan fingerprint density at radius 3 is 2.18 bits per heavy atom. The van der Waals surface area contributed by atoms with E-state index >= 15 is 0 Å². The number of hydroxylamine groups is 2. The van der Waals surface area contributed by atoms with E-state index < -0.39 is 15.8 Å². The molecule has 0 atom stereocenters. The van der Waals surface area contributed by atoms with Gasteiger partial charge in [-0.25, -0.2) is 0 Å². The van der Waals surface area contributed by atoms with Crippen LogP contribution in [0.25, 0.3) is 6.08 Å². The van der Waals surface area contributed by atoms with Crippen molar-refractivity contribution in [3.63, 3.8) is 0 Å². The average Bonchev–Trinajstić information content (AvgIpc) is 2.43. The lowest BCUT2D eigenvalue weighted by Gasteiger charge is -2.62. The number of carbonyl (C=O) groups is 1. The Morgan fingerprint density at radius 1 is 1.18 bits per heavy atom. The van der Waals surface area contributed by atoms with Gasteiger partial charge in [-0.05, 0) is 39.3 Å². The molecule has 2 N–H and O–H groups in total. The van der Waals surface area contributed by atoms with Gasteiger partial charge >= 0.3 is 0 Å². The second kappa shape index (κ2) is 5.61. The molecule has 1 aromatic carbocycles. The minimum absolute atomic E-state index is 0.0738. The van der Waals surface area contributed by atoms with Gasteiger partial charge in [-0.15, -0.1) is 0 Å². The molecule has 1 aliphatic rings. The van der Waals surface area contributed by atoms with Crippen LogP contribution in [-0.4, -0.2) is 21.6 Å². The lowest BCUT2D eigenvalue weighted by Crippen LogP contribution is -2.75. The molecule has 0 amide bonds. The number of hydrogen-bond donors (Lipinski definition) is 1. The van der Waals surface area contributed by atoms with Gasteiger partial charge in [-0.3, -0.25) is 9.55 Å². The van der Waals surface area contributed by atoms with Crippen molar-refractivity contribution in [3.8, 4) is 0 Å². The van der Waals surface area contributed by atoms with E-state index in [1.807, 2.05) is 64.1 Å². The Balaban J connectivity index is 2.17. The summed E-state index contributed by atoms with van der Waals surface area (Å²) in [6.07, 6.45) is 4.48. The SMILES string of the molecule is CC1(C)CC(C(=O)C=Cc2ccccc2)CC(C)(C)[N+]1(N)[O-]. The smallest absolute Gasteiger partial charge is 0.159 e. The highest BCUT2D eigenvalue weighted by Gasteiger charge is 2.53. The van der Waals surface area contributed by atoms with Crippen molar-refractivity contribution < 1.29 is 9.55 Å². The predicted molar refractivity (Wildman–Crippen MR) is 89.2 cm³/mol. The number of hydrogen-bond acceptors (Lipinski definition) is 3. The Kier molecular flexibility index (Phi) is 4.30. The monoisotopic (exact) mass is 302 g/mol. The molecule has 120 valence electrons. The topological polar surface area (TPSA) is 66.2 Å². The summed E-state index contributed by atoms with van der Waals surface area (Å²) in [5, 5.41) is 12.8. The maximum absolute atomic E-state index is 12.8. The van der Waals surface area contributed by atoms with Crippen LogP contribution in [-0.2, 0) is 4.79 Å². The molecule has 1 aromatic rings. The van der Waals surface area contributed by atoms with Crippen LogP contribution in [0.4, 0.5) is 0 Å². The zero-order valence-electron chi connectivity index (χ0n) is 13.9. The molecule has 0 spiro atoms. The van der Waals surface area contributed by atoms with Crippen LogP contribution in [0.1, 0.15) is 46.1 Å². The van der Waals surface area contributed by atoms with Crippen LogP contribution in [0.2, 0.25) is 0 Å². The van der Waals surface area contributed by atoms with Crippen LogP contribution in [0.3, 0.4) is 0 Å². The Bertz CT molecular complexity index is 554. The fourth-order valence-electron chi connectivity index (χ4n) is 3.45. The van der Waals surface area contributed by atoms with Crippen molar-refractivity contribution >= 4 is 11.9 Å². The molecule has 4 nitrogen and oxygen atoms in total. The van der Waals surface area contributed by atoms with Crippen molar-refractivity contribution in [1.29, 1.82) is 0 Å².